The Bertz CT molecular complexity index is 1070. The Morgan fingerprint density at radius 3 is 2.35 bits per heavy atom. The molecule has 1 fully saturated rings. The van der Waals surface area contributed by atoms with Gasteiger partial charge in [0, 0.05) is 24.3 Å². The van der Waals surface area contributed by atoms with Crippen LogP contribution in [-0.2, 0) is 9.53 Å². The maximum absolute atomic E-state index is 14.2. The minimum absolute atomic E-state index is 0.0880. The fourth-order valence-electron chi connectivity index (χ4n) is 4.01. The van der Waals surface area contributed by atoms with Crippen molar-refractivity contribution in [2.75, 3.05) is 23.7 Å². The van der Waals surface area contributed by atoms with E-state index < -0.39 is 23.4 Å². The maximum Gasteiger partial charge on any atom is 0.412 e. The summed E-state index contributed by atoms with van der Waals surface area (Å²) in [6.45, 7) is 9.92. The predicted octanol–water partition coefficient (Wildman–Crippen LogP) is 5.28. The quantitative estimate of drug-likeness (QED) is 0.638. The van der Waals surface area contributed by atoms with Gasteiger partial charge in [0.1, 0.15) is 11.4 Å². The highest BCUT2D eigenvalue weighted by molar-refractivity contribution is 5.97. The molecular formula is C26H32FN3O4. The lowest BCUT2D eigenvalue weighted by molar-refractivity contribution is -0.121. The Labute approximate surface area is 199 Å². The van der Waals surface area contributed by atoms with Gasteiger partial charge in [-0.2, -0.15) is 0 Å². The summed E-state index contributed by atoms with van der Waals surface area (Å²) in [6, 6.07) is 9.66. The highest BCUT2D eigenvalue weighted by atomic mass is 19.1. The fourth-order valence-corrected chi connectivity index (χ4v) is 4.01. The molecule has 0 bridgehead atoms. The molecule has 1 atom stereocenters. The van der Waals surface area contributed by atoms with Crippen LogP contribution in [-0.4, -0.2) is 41.5 Å². The van der Waals surface area contributed by atoms with Crippen molar-refractivity contribution in [1.82, 2.24) is 4.90 Å². The molecule has 0 radical (unpaired) electrons. The van der Waals surface area contributed by atoms with Crippen molar-refractivity contribution in [3.63, 3.8) is 0 Å². The number of hydrogen-bond donors (Lipinski definition) is 2. The Balaban J connectivity index is 1.66. The van der Waals surface area contributed by atoms with Gasteiger partial charge in [-0.15, -0.1) is 0 Å². The van der Waals surface area contributed by atoms with Crippen LogP contribution in [0.15, 0.2) is 36.4 Å². The number of likely N-dealkylation sites (tertiary alicyclic amines) is 1. The first-order valence-corrected chi connectivity index (χ1v) is 11.4. The Hall–Kier alpha value is -3.42. The highest BCUT2D eigenvalue weighted by Gasteiger charge is 2.29. The molecule has 1 unspecified atom stereocenters. The summed E-state index contributed by atoms with van der Waals surface area (Å²) < 4.78 is 19.3. The number of anilines is 2. The highest BCUT2D eigenvalue weighted by Crippen LogP contribution is 2.24. The molecule has 0 aromatic heterocycles. The number of ether oxygens (including phenoxy) is 1. The van der Waals surface area contributed by atoms with Gasteiger partial charge in [-0.05, 0) is 77.8 Å². The third-order valence-corrected chi connectivity index (χ3v) is 5.42. The summed E-state index contributed by atoms with van der Waals surface area (Å²) in [5.41, 5.74) is 2.17. The minimum Gasteiger partial charge on any atom is -0.444 e. The first-order valence-electron chi connectivity index (χ1n) is 11.4. The van der Waals surface area contributed by atoms with E-state index in [1.807, 2.05) is 32.0 Å². The van der Waals surface area contributed by atoms with Gasteiger partial charge in [0.15, 0.2) is 0 Å². The number of amides is 3. The second kappa shape index (κ2) is 10.2. The van der Waals surface area contributed by atoms with Crippen LogP contribution in [0.25, 0.3) is 0 Å². The molecule has 1 aliphatic rings. The van der Waals surface area contributed by atoms with E-state index in [1.165, 1.54) is 18.2 Å². The fraction of sp³-hybridized carbons (Fsp3) is 0.423. The van der Waals surface area contributed by atoms with Crippen LogP contribution >= 0.6 is 0 Å². The molecular weight excluding hydrogens is 437 g/mol. The molecule has 1 saturated heterocycles. The maximum atomic E-state index is 14.2. The summed E-state index contributed by atoms with van der Waals surface area (Å²) >= 11 is 0. The van der Waals surface area contributed by atoms with Crippen LogP contribution in [0.4, 0.5) is 20.6 Å². The van der Waals surface area contributed by atoms with Crippen LogP contribution < -0.4 is 10.6 Å². The molecule has 182 valence electrons. The molecule has 3 amide bonds. The van der Waals surface area contributed by atoms with Gasteiger partial charge in [0.05, 0.1) is 11.6 Å². The monoisotopic (exact) mass is 469 g/mol. The summed E-state index contributed by atoms with van der Waals surface area (Å²) in [4.78, 5) is 39.7. The molecule has 0 aliphatic carbocycles. The van der Waals surface area contributed by atoms with Gasteiger partial charge >= 0.3 is 6.09 Å². The lowest BCUT2D eigenvalue weighted by atomic mass is 9.96. The molecule has 1 heterocycles. The van der Waals surface area contributed by atoms with Crippen LogP contribution in [0.5, 0.6) is 0 Å². The van der Waals surface area contributed by atoms with Crippen molar-refractivity contribution in [3.05, 3.63) is 58.9 Å². The van der Waals surface area contributed by atoms with E-state index in [2.05, 4.69) is 10.6 Å². The summed E-state index contributed by atoms with van der Waals surface area (Å²) in [5.74, 6) is -1.38. The van der Waals surface area contributed by atoms with Crippen LogP contribution in [0.1, 0.15) is 55.1 Å². The first-order chi connectivity index (χ1) is 15.9. The van der Waals surface area contributed by atoms with E-state index in [-0.39, 0.29) is 17.5 Å². The van der Waals surface area contributed by atoms with Gasteiger partial charge in [0.25, 0.3) is 5.91 Å². The number of nitrogens with one attached hydrogen (secondary N) is 2. The average molecular weight is 470 g/mol. The first kappa shape index (κ1) is 25.2. The third-order valence-electron chi connectivity index (χ3n) is 5.42. The number of carbonyl (C=O) groups excluding carboxylic acids is 3. The summed E-state index contributed by atoms with van der Waals surface area (Å²) in [7, 11) is 0. The van der Waals surface area contributed by atoms with E-state index in [4.69, 9.17) is 4.74 Å². The average Bonchev–Trinajstić information content (AvgIpc) is 2.73. The number of benzene rings is 2. The molecule has 0 spiro atoms. The van der Waals surface area contributed by atoms with Crippen molar-refractivity contribution in [3.8, 4) is 0 Å². The molecule has 2 N–H and O–H groups in total. The number of rotatable bonds is 4. The van der Waals surface area contributed by atoms with Crippen LogP contribution in [0.2, 0.25) is 0 Å². The van der Waals surface area contributed by atoms with Gasteiger partial charge in [0.2, 0.25) is 5.91 Å². The smallest absolute Gasteiger partial charge is 0.412 e. The molecule has 7 nitrogen and oxygen atoms in total. The van der Waals surface area contributed by atoms with E-state index in [0.29, 0.717) is 37.2 Å². The van der Waals surface area contributed by atoms with E-state index in [9.17, 15) is 18.8 Å². The third kappa shape index (κ3) is 6.79. The van der Waals surface area contributed by atoms with Crippen molar-refractivity contribution in [2.24, 2.45) is 5.92 Å². The standard InChI is InChI=1S/C26H32FN3O4/c1-16-11-17(2)13-19(12-16)24(32)30-10-6-7-18(15-30)23(31)28-20-8-9-21(27)22(14-20)29-25(33)34-26(3,4)5/h8-9,11-14,18H,6-7,10,15H2,1-5H3,(H,28,31)(H,29,33). The summed E-state index contributed by atoms with van der Waals surface area (Å²) in [5, 5.41) is 5.15. The number of carbonyl (C=O) groups is 3. The normalized spacial score (nSPS) is 16.1. The second-order valence-electron chi connectivity index (χ2n) is 9.78. The van der Waals surface area contributed by atoms with Gasteiger partial charge in [-0.1, -0.05) is 17.2 Å². The lowest BCUT2D eigenvalue weighted by Gasteiger charge is -2.32. The van der Waals surface area contributed by atoms with E-state index in [0.717, 1.165) is 11.1 Å². The Kier molecular flexibility index (Phi) is 7.59. The Morgan fingerprint density at radius 1 is 1.03 bits per heavy atom. The second-order valence-corrected chi connectivity index (χ2v) is 9.78. The molecule has 8 heteroatoms. The van der Waals surface area contributed by atoms with Gasteiger partial charge < -0.3 is 15.0 Å². The van der Waals surface area contributed by atoms with Crippen molar-refractivity contribution < 1.29 is 23.5 Å². The van der Waals surface area contributed by atoms with Crippen molar-refractivity contribution >= 4 is 29.3 Å². The summed E-state index contributed by atoms with van der Waals surface area (Å²) in [6.07, 6.45) is 0.568. The van der Waals surface area contributed by atoms with Gasteiger partial charge in [-0.25, -0.2) is 9.18 Å². The van der Waals surface area contributed by atoms with Gasteiger partial charge in [-0.3, -0.25) is 14.9 Å². The van der Waals surface area contributed by atoms with E-state index >= 15 is 0 Å². The number of hydrogen-bond acceptors (Lipinski definition) is 4. The zero-order valence-electron chi connectivity index (χ0n) is 20.3. The number of aryl methyl sites for hydroxylation is 2. The topological polar surface area (TPSA) is 87.7 Å². The molecule has 0 saturated carbocycles. The zero-order chi connectivity index (χ0) is 25.0. The molecule has 3 rings (SSSR count). The molecule has 2 aromatic carbocycles. The zero-order valence-corrected chi connectivity index (χ0v) is 20.3. The predicted molar refractivity (Wildman–Crippen MR) is 129 cm³/mol. The molecule has 2 aromatic rings. The van der Waals surface area contributed by atoms with Crippen LogP contribution in [0, 0.1) is 25.6 Å². The number of halogens is 1. The SMILES string of the molecule is Cc1cc(C)cc(C(=O)N2CCCC(C(=O)Nc3ccc(F)c(NC(=O)OC(C)(C)C)c3)C2)c1. The molecule has 1 aliphatic heterocycles. The number of piperidine rings is 1. The minimum atomic E-state index is -0.789. The number of nitrogens with zero attached hydrogens (tertiary/aromatic N) is 1. The largest absolute Gasteiger partial charge is 0.444 e. The van der Waals surface area contributed by atoms with Crippen molar-refractivity contribution in [2.45, 2.75) is 53.1 Å². The molecule has 34 heavy (non-hydrogen) atoms. The lowest BCUT2D eigenvalue weighted by Crippen LogP contribution is -2.43. The van der Waals surface area contributed by atoms with E-state index in [1.54, 1.807) is 25.7 Å². The Morgan fingerprint density at radius 2 is 1.71 bits per heavy atom. The van der Waals surface area contributed by atoms with Crippen molar-refractivity contribution in [1.29, 1.82) is 0 Å². The van der Waals surface area contributed by atoms with Crippen LogP contribution in [0.3, 0.4) is 0 Å².